The van der Waals surface area contributed by atoms with E-state index in [0.29, 0.717) is 19.6 Å². The summed E-state index contributed by atoms with van der Waals surface area (Å²) in [4.78, 5) is 19.6. The topological polar surface area (TPSA) is 36.0 Å². The molecule has 0 aliphatic carbocycles. The average molecular weight is 440 g/mol. The summed E-state index contributed by atoms with van der Waals surface area (Å²) in [6.45, 7) is 11.1. The van der Waals surface area contributed by atoms with Crippen molar-refractivity contribution in [1.29, 1.82) is 0 Å². The third kappa shape index (κ3) is 4.97. The number of rotatable bonds is 4. The van der Waals surface area contributed by atoms with Gasteiger partial charge < -0.3 is 19.4 Å². The van der Waals surface area contributed by atoms with Crippen molar-refractivity contribution in [3.63, 3.8) is 0 Å². The summed E-state index contributed by atoms with van der Waals surface area (Å²) < 4.78 is 20.0. The zero-order valence-electron chi connectivity index (χ0n) is 19.6. The highest BCUT2D eigenvalue weighted by Gasteiger charge is 2.32. The molecule has 2 aliphatic heterocycles. The number of morpholine rings is 1. The Bertz CT molecular complexity index is 947. The van der Waals surface area contributed by atoms with Crippen molar-refractivity contribution in [3.8, 4) is 0 Å². The van der Waals surface area contributed by atoms with Crippen LogP contribution in [0.15, 0.2) is 42.5 Å². The van der Waals surface area contributed by atoms with Crippen LogP contribution in [0.2, 0.25) is 0 Å². The predicted molar refractivity (Wildman–Crippen MR) is 127 cm³/mol. The van der Waals surface area contributed by atoms with Crippen LogP contribution in [-0.2, 0) is 21.4 Å². The zero-order chi connectivity index (χ0) is 22.9. The molecule has 0 saturated carbocycles. The summed E-state index contributed by atoms with van der Waals surface area (Å²) in [6.07, 6.45) is -0.125. The largest absolute Gasteiger partial charge is 0.369 e. The highest BCUT2D eigenvalue weighted by molar-refractivity contribution is 5.97. The Balaban J connectivity index is 1.52. The van der Waals surface area contributed by atoms with E-state index in [-0.39, 0.29) is 17.1 Å². The first-order chi connectivity index (χ1) is 15.2. The highest BCUT2D eigenvalue weighted by atomic mass is 19.1. The summed E-state index contributed by atoms with van der Waals surface area (Å²) in [5, 5.41) is 0. The molecule has 4 rings (SSSR count). The molecule has 0 spiro atoms. The molecule has 172 valence electrons. The van der Waals surface area contributed by atoms with Crippen LogP contribution >= 0.6 is 0 Å². The van der Waals surface area contributed by atoms with Gasteiger partial charge in [-0.15, -0.1) is 0 Å². The third-order valence-corrected chi connectivity index (χ3v) is 6.52. The molecular weight excluding hydrogens is 405 g/mol. The van der Waals surface area contributed by atoms with Gasteiger partial charge in [-0.2, -0.15) is 0 Å². The number of hydrogen-bond acceptors (Lipinski definition) is 4. The molecule has 0 bridgehead atoms. The second-order valence-electron chi connectivity index (χ2n) is 9.91. The Hall–Kier alpha value is -2.44. The third-order valence-electron chi connectivity index (χ3n) is 6.52. The number of carbonyl (C=O) groups is 1. The molecule has 2 fully saturated rings. The number of amides is 1. The summed E-state index contributed by atoms with van der Waals surface area (Å²) >= 11 is 0. The van der Waals surface area contributed by atoms with E-state index in [1.54, 1.807) is 12.1 Å². The molecular formula is C26H34FN3O2. The number of likely N-dealkylation sites (N-methyl/N-ethyl adjacent to an activating group) is 1. The quantitative estimate of drug-likeness (QED) is 0.725. The first kappa shape index (κ1) is 22.7. The van der Waals surface area contributed by atoms with Crippen LogP contribution in [0.5, 0.6) is 0 Å². The normalized spacial score (nSPS) is 20.7. The van der Waals surface area contributed by atoms with Gasteiger partial charge in [-0.3, -0.25) is 4.79 Å². The molecule has 6 heteroatoms. The van der Waals surface area contributed by atoms with Crippen molar-refractivity contribution in [2.45, 2.75) is 38.7 Å². The Morgan fingerprint density at radius 3 is 2.34 bits per heavy atom. The van der Waals surface area contributed by atoms with Crippen LogP contribution in [0, 0.1) is 5.82 Å². The lowest BCUT2D eigenvalue weighted by molar-refractivity contribution is -0.133. The molecule has 2 heterocycles. The number of piperazine rings is 1. The molecule has 2 aliphatic rings. The Morgan fingerprint density at radius 1 is 1.00 bits per heavy atom. The maximum Gasteiger partial charge on any atom is 0.256 e. The number of carbonyl (C=O) groups excluding carboxylic acids is 1. The van der Waals surface area contributed by atoms with E-state index in [4.69, 9.17) is 4.74 Å². The molecule has 0 radical (unpaired) electrons. The van der Waals surface area contributed by atoms with Crippen LogP contribution in [0.25, 0.3) is 0 Å². The smallest absolute Gasteiger partial charge is 0.256 e. The van der Waals surface area contributed by atoms with E-state index in [1.165, 1.54) is 11.6 Å². The number of hydrogen-bond donors (Lipinski definition) is 0. The lowest BCUT2D eigenvalue weighted by Gasteiger charge is -2.36. The molecule has 0 aromatic heterocycles. The minimum Gasteiger partial charge on any atom is -0.369 e. The molecule has 2 aromatic carbocycles. The van der Waals surface area contributed by atoms with Crippen LogP contribution in [0.4, 0.5) is 15.8 Å². The molecule has 0 N–H and O–H groups in total. The van der Waals surface area contributed by atoms with Gasteiger partial charge in [0.25, 0.3) is 5.91 Å². The van der Waals surface area contributed by atoms with Crippen LogP contribution in [-0.4, -0.2) is 63.3 Å². The van der Waals surface area contributed by atoms with Crippen LogP contribution in [0.3, 0.4) is 0 Å². The van der Waals surface area contributed by atoms with Gasteiger partial charge in [0.1, 0.15) is 11.9 Å². The molecule has 32 heavy (non-hydrogen) atoms. The van der Waals surface area contributed by atoms with Gasteiger partial charge >= 0.3 is 0 Å². The number of nitrogens with zero attached hydrogens (tertiary/aromatic N) is 3. The van der Waals surface area contributed by atoms with Crippen molar-refractivity contribution < 1.29 is 13.9 Å². The van der Waals surface area contributed by atoms with Crippen molar-refractivity contribution in [2.75, 3.05) is 56.2 Å². The number of anilines is 2. The first-order valence-corrected chi connectivity index (χ1v) is 11.5. The summed E-state index contributed by atoms with van der Waals surface area (Å²) in [6, 6.07) is 13.1. The van der Waals surface area contributed by atoms with Crippen LogP contribution in [0.1, 0.15) is 31.9 Å². The summed E-state index contributed by atoms with van der Waals surface area (Å²) in [5.41, 5.74) is 4.04. The maximum absolute atomic E-state index is 14.1. The van der Waals surface area contributed by atoms with Crippen LogP contribution < -0.4 is 9.80 Å². The first-order valence-electron chi connectivity index (χ1n) is 11.5. The van der Waals surface area contributed by atoms with Crippen molar-refractivity contribution >= 4 is 17.3 Å². The van der Waals surface area contributed by atoms with Gasteiger partial charge in [0.2, 0.25) is 0 Å². The second-order valence-corrected chi connectivity index (χ2v) is 9.91. The maximum atomic E-state index is 14.1. The standard InChI is InChI=1S/C26H34FN3O2/c1-26(2,3)20-6-9-22(10-7-20)30-15-16-32-24(25(30)31)17-19-5-8-21(27)18-23(19)29-13-11-28(4)12-14-29/h5-10,18,24H,11-17H2,1-4H3. The second kappa shape index (κ2) is 9.20. The Kier molecular flexibility index (Phi) is 6.54. The summed E-state index contributed by atoms with van der Waals surface area (Å²) in [5.74, 6) is -0.285. The molecule has 1 unspecified atom stereocenters. The lowest BCUT2D eigenvalue weighted by atomic mass is 9.87. The molecule has 5 nitrogen and oxygen atoms in total. The highest BCUT2D eigenvalue weighted by Crippen LogP contribution is 2.29. The van der Waals surface area contributed by atoms with Gasteiger partial charge in [-0.25, -0.2) is 4.39 Å². The van der Waals surface area contributed by atoms with E-state index in [0.717, 1.165) is 43.1 Å². The van der Waals surface area contributed by atoms with Gasteiger partial charge in [0, 0.05) is 50.5 Å². The van der Waals surface area contributed by atoms with Gasteiger partial charge in [-0.1, -0.05) is 39.0 Å². The minimum absolute atomic E-state index is 0.0339. The van der Waals surface area contributed by atoms with Crippen molar-refractivity contribution in [3.05, 3.63) is 59.4 Å². The lowest BCUT2D eigenvalue weighted by Crippen LogP contribution is -2.49. The van der Waals surface area contributed by atoms with E-state index in [9.17, 15) is 9.18 Å². The molecule has 1 atom stereocenters. The fourth-order valence-electron chi connectivity index (χ4n) is 4.44. The van der Waals surface area contributed by atoms with Crippen molar-refractivity contribution in [1.82, 2.24) is 4.90 Å². The van der Waals surface area contributed by atoms with E-state index < -0.39 is 6.10 Å². The number of benzene rings is 2. The fraction of sp³-hybridized carbons (Fsp3) is 0.500. The average Bonchev–Trinajstić information content (AvgIpc) is 2.76. The molecule has 2 aromatic rings. The van der Waals surface area contributed by atoms with E-state index in [1.807, 2.05) is 17.0 Å². The van der Waals surface area contributed by atoms with E-state index >= 15 is 0 Å². The summed E-state index contributed by atoms with van der Waals surface area (Å²) in [7, 11) is 2.10. The van der Waals surface area contributed by atoms with Gasteiger partial charge in [0.15, 0.2) is 0 Å². The minimum atomic E-state index is -0.567. The Labute approximate surface area is 190 Å². The Morgan fingerprint density at radius 2 is 1.69 bits per heavy atom. The number of ether oxygens (including phenoxy) is 1. The van der Waals surface area contributed by atoms with Gasteiger partial charge in [0.05, 0.1) is 6.61 Å². The zero-order valence-corrected chi connectivity index (χ0v) is 19.6. The SMILES string of the molecule is CN1CCN(c2cc(F)ccc2CC2OCCN(c3ccc(C(C)(C)C)cc3)C2=O)CC1. The molecule has 2 saturated heterocycles. The van der Waals surface area contributed by atoms with E-state index in [2.05, 4.69) is 49.8 Å². The molecule has 1 amide bonds. The van der Waals surface area contributed by atoms with Gasteiger partial charge in [-0.05, 0) is 47.9 Å². The fourth-order valence-corrected chi connectivity index (χ4v) is 4.44. The number of halogens is 1. The predicted octanol–water partition coefficient (Wildman–Crippen LogP) is 3.85. The van der Waals surface area contributed by atoms with Crippen molar-refractivity contribution in [2.24, 2.45) is 0 Å². The monoisotopic (exact) mass is 439 g/mol.